The van der Waals surface area contributed by atoms with E-state index in [2.05, 4.69) is 15.5 Å². The summed E-state index contributed by atoms with van der Waals surface area (Å²) in [7, 11) is 0. The molecule has 4 rings (SSSR count). The Morgan fingerprint density at radius 3 is 2.61 bits per heavy atom. The molecule has 2 fully saturated rings. The van der Waals surface area contributed by atoms with Gasteiger partial charge in [0.25, 0.3) is 5.91 Å². The lowest BCUT2D eigenvalue weighted by molar-refractivity contribution is -0.133. The van der Waals surface area contributed by atoms with Gasteiger partial charge in [0.05, 0.1) is 0 Å². The van der Waals surface area contributed by atoms with Gasteiger partial charge >= 0.3 is 6.03 Å². The van der Waals surface area contributed by atoms with Gasteiger partial charge in [0.1, 0.15) is 12.1 Å². The Morgan fingerprint density at radius 1 is 1.12 bits per heavy atom. The minimum atomic E-state index is -1.60. The molecule has 2 aliphatic rings. The second-order valence-corrected chi connectivity index (χ2v) is 9.44. The number of hydrogen-bond donors (Lipinski definition) is 2. The van der Waals surface area contributed by atoms with Crippen molar-refractivity contribution < 1.29 is 23.2 Å². The van der Waals surface area contributed by atoms with Gasteiger partial charge in [-0.3, -0.25) is 19.4 Å². The van der Waals surface area contributed by atoms with Crippen LogP contribution in [-0.4, -0.2) is 58.8 Å². The summed E-state index contributed by atoms with van der Waals surface area (Å²) < 4.78 is 27.0. The van der Waals surface area contributed by atoms with Crippen LogP contribution in [0.5, 0.6) is 0 Å². The molecule has 1 atom stereocenters. The fourth-order valence-corrected chi connectivity index (χ4v) is 4.93. The molecule has 4 amide bonds. The average molecular weight is 475 g/mol. The van der Waals surface area contributed by atoms with Crippen LogP contribution in [0.3, 0.4) is 0 Å². The third-order valence-electron chi connectivity index (χ3n) is 5.79. The monoisotopic (exact) mass is 474 g/mol. The maximum Gasteiger partial charge on any atom is 0.325 e. The highest BCUT2D eigenvalue weighted by atomic mass is 32.2. The first-order valence-electron chi connectivity index (χ1n) is 10.5. The van der Waals surface area contributed by atoms with Crippen LogP contribution < -0.4 is 10.6 Å². The van der Waals surface area contributed by atoms with E-state index >= 15 is 0 Å². The van der Waals surface area contributed by atoms with E-state index < -0.39 is 41.6 Å². The molecule has 0 radical (unpaired) electrons. The molecule has 2 saturated heterocycles. The van der Waals surface area contributed by atoms with Gasteiger partial charge in [0, 0.05) is 36.8 Å². The predicted molar refractivity (Wildman–Crippen MR) is 122 cm³/mol. The number of carbonyl (C=O) groups is 3. The van der Waals surface area contributed by atoms with E-state index in [9.17, 15) is 23.2 Å². The molecule has 0 saturated carbocycles. The quantitative estimate of drug-likeness (QED) is 0.630. The Kier molecular flexibility index (Phi) is 6.66. The molecule has 33 heavy (non-hydrogen) atoms. The summed E-state index contributed by atoms with van der Waals surface area (Å²) >= 11 is 1.94. The molecule has 2 aromatic carbocycles. The van der Waals surface area contributed by atoms with Crippen LogP contribution in [-0.2, 0) is 21.7 Å². The maximum atomic E-state index is 13.7. The lowest BCUT2D eigenvalue weighted by atomic mass is 9.92. The zero-order valence-electron chi connectivity index (χ0n) is 18.1. The number of thioether (sulfide) groups is 1. The third kappa shape index (κ3) is 5.01. The van der Waals surface area contributed by atoms with Gasteiger partial charge in [-0.25, -0.2) is 13.6 Å². The van der Waals surface area contributed by atoms with Gasteiger partial charge in [-0.05, 0) is 42.3 Å². The molecule has 2 aromatic rings. The van der Waals surface area contributed by atoms with E-state index in [0.717, 1.165) is 53.7 Å². The number of carbonyl (C=O) groups excluding carboxylic acids is 3. The predicted octanol–water partition coefficient (Wildman–Crippen LogP) is 2.92. The van der Waals surface area contributed by atoms with Crippen molar-refractivity contribution in [3.63, 3.8) is 0 Å². The van der Waals surface area contributed by atoms with Gasteiger partial charge < -0.3 is 10.6 Å². The summed E-state index contributed by atoms with van der Waals surface area (Å²) in [5.74, 6) is -1.24. The van der Waals surface area contributed by atoms with Gasteiger partial charge in [0.15, 0.2) is 11.6 Å². The zero-order chi connectivity index (χ0) is 23.6. The van der Waals surface area contributed by atoms with Crippen LogP contribution in [0.2, 0.25) is 0 Å². The smallest absolute Gasteiger partial charge is 0.325 e. The third-order valence-corrected chi connectivity index (χ3v) is 6.74. The largest absolute Gasteiger partial charge is 0.325 e. The molecule has 0 aliphatic carbocycles. The van der Waals surface area contributed by atoms with Gasteiger partial charge in [-0.2, -0.15) is 11.8 Å². The molecule has 2 heterocycles. The van der Waals surface area contributed by atoms with Crippen molar-refractivity contribution in [3.8, 4) is 0 Å². The van der Waals surface area contributed by atoms with E-state index in [1.54, 1.807) is 6.07 Å². The van der Waals surface area contributed by atoms with Crippen molar-refractivity contribution in [2.75, 3.05) is 36.5 Å². The van der Waals surface area contributed by atoms with Crippen molar-refractivity contribution in [2.24, 2.45) is 0 Å². The Labute approximate surface area is 194 Å². The maximum absolute atomic E-state index is 13.7. The fraction of sp³-hybridized carbons (Fsp3) is 0.348. The number of anilines is 1. The first-order chi connectivity index (χ1) is 15.8. The molecule has 1 unspecified atom stereocenters. The average Bonchev–Trinajstić information content (AvgIpc) is 3.00. The standard InChI is InChI=1S/C23H24F2N4O3S/c1-23(16-5-6-18(24)19(25)12-16)21(31)29(22(32)27-23)14-20(30)26-17-4-2-3-15(11-17)13-28-7-9-33-10-8-28/h2-6,11-12H,7-10,13-14H2,1H3,(H,26,30)(H,27,32). The van der Waals surface area contributed by atoms with Crippen molar-refractivity contribution in [1.29, 1.82) is 0 Å². The topological polar surface area (TPSA) is 81.8 Å². The lowest BCUT2D eigenvalue weighted by Crippen LogP contribution is -2.42. The summed E-state index contributed by atoms with van der Waals surface area (Å²) in [6.07, 6.45) is 0. The number of urea groups is 1. The SMILES string of the molecule is CC1(c2ccc(F)c(F)c2)NC(=O)N(CC(=O)Nc2cccc(CN3CCSCC3)c2)C1=O. The molecule has 10 heteroatoms. The first kappa shape index (κ1) is 23.2. The molecular formula is C23H24F2N4O3S. The number of halogens is 2. The fourth-order valence-electron chi connectivity index (χ4n) is 3.95. The molecule has 174 valence electrons. The van der Waals surface area contributed by atoms with Gasteiger partial charge in [0.2, 0.25) is 5.91 Å². The van der Waals surface area contributed by atoms with Crippen LogP contribution in [0.1, 0.15) is 18.1 Å². The van der Waals surface area contributed by atoms with Crippen LogP contribution in [0.4, 0.5) is 19.3 Å². The van der Waals surface area contributed by atoms with Crippen LogP contribution >= 0.6 is 11.8 Å². The number of benzene rings is 2. The van der Waals surface area contributed by atoms with E-state index in [0.29, 0.717) is 5.69 Å². The van der Waals surface area contributed by atoms with Crippen molar-refractivity contribution >= 4 is 35.3 Å². The highest BCUT2D eigenvalue weighted by molar-refractivity contribution is 7.99. The van der Waals surface area contributed by atoms with E-state index in [4.69, 9.17) is 0 Å². The molecule has 7 nitrogen and oxygen atoms in total. The number of rotatable bonds is 6. The molecule has 0 bridgehead atoms. The highest BCUT2D eigenvalue weighted by Crippen LogP contribution is 2.29. The Balaban J connectivity index is 1.41. The van der Waals surface area contributed by atoms with Gasteiger partial charge in [-0.1, -0.05) is 18.2 Å². The lowest BCUT2D eigenvalue weighted by Gasteiger charge is -2.26. The minimum Gasteiger partial charge on any atom is -0.325 e. The molecule has 2 aliphatic heterocycles. The molecule has 0 aromatic heterocycles. The van der Waals surface area contributed by atoms with Crippen molar-refractivity contribution in [2.45, 2.75) is 19.0 Å². The van der Waals surface area contributed by atoms with Gasteiger partial charge in [-0.15, -0.1) is 0 Å². The Hall–Kier alpha value is -2.98. The van der Waals surface area contributed by atoms with Crippen molar-refractivity contribution in [1.82, 2.24) is 15.1 Å². The highest BCUT2D eigenvalue weighted by Gasteiger charge is 2.49. The molecule has 2 N–H and O–H groups in total. The first-order valence-corrected chi connectivity index (χ1v) is 11.7. The second-order valence-electron chi connectivity index (χ2n) is 8.21. The summed E-state index contributed by atoms with van der Waals surface area (Å²) in [5, 5.41) is 5.20. The summed E-state index contributed by atoms with van der Waals surface area (Å²) in [4.78, 5) is 41.1. The van der Waals surface area contributed by atoms with Crippen LogP contribution in [0.15, 0.2) is 42.5 Å². The zero-order valence-corrected chi connectivity index (χ0v) is 18.9. The summed E-state index contributed by atoms with van der Waals surface area (Å²) in [6, 6.07) is 9.65. The minimum absolute atomic E-state index is 0.0893. The van der Waals surface area contributed by atoms with Crippen LogP contribution in [0.25, 0.3) is 0 Å². The summed E-state index contributed by atoms with van der Waals surface area (Å²) in [5.41, 5.74) is 0.116. The number of nitrogens with one attached hydrogen (secondary N) is 2. The number of nitrogens with zero attached hydrogens (tertiary/aromatic N) is 2. The Morgan fingerprint density at radius 2 is 1.88 bits per heavy atom. The van der Waals surface area contributed by atoms with E-state index in [1.165, 1.54) is 13.0 Å². The second kappa shape index (κ2) is 9.48. The number of hydrogen-bond acceptors (Lipinski definition) is 5. The molecule has 0 spiro atoms. The Bertz CT molecular complexity index is 1090. The van der Waals surface area contributed by atoms with Crippen LogP contribution in [0, 0.1) is 11.6 Å². The van der Waals surface area contributed by atoms with Crippen molar-refractivity contribution in [3.05, 3.63) is 65.2 Å². The van der Waals surface area contributed by atoms with E-state index in [1.807, 2.05) is 30.0 Å². The number of imide groups is 1. The van der Waals surface area contributed by atoms with E-state index in [-0.39, 0.29) is 5.56 Å². The molecular weight excluding hydrogens is 450 g/mol. The normalized spacial score (nSPS) is 21.2. The number of amides is 4. The summed E-state index contributed by atoms with van der Waals surface area (Å²) in [6.45, 7) is 3.70.